The fourth-order valence-electron chi connectivity index (χ4n) is 2.94. The molecule has 4 heteroatoms. The zero-order valence-electron chi connectivity index (χ0n) is 16.2. The van der Waals surface area contributed by atoms with Gasteiger partial charge in [-0.2, -0.15) is 0 Å². The van der Waals surface area contributed by atoms with Gasteiger partial charge in [-0.15, -0.1) is 0 Å². The third-order valence-electron chi connectivity index (χ3n) is 4.50. The summed E-state index contributed by atoms with van der Waals surface area (Å²) >= 11 is 0. The van der Waals surface area contributed by atoms with Gasteiger partial charge in [-0.1, -0.05) is 48.5 Å². The maximum atomic E-state index is 12.3. The Hall–Kier alpha value is -3.27. The molecule has 0 unspecified atom stereocenters. The number of para-hydroxylation sites is 1. The molecule has 1 amide bonds. The van der Waals surface area contributed by atoms with E-state index >= 15 is 0 Å². The standard InChI is InChI=1S/C24H26N2O2/c1-2-26(22-11-7-4-8-12-22)18-17-24(27)25-21-13-15-23(16-14-21)28-19-20-9-5-3-6-10-20/h3-16H,2,17-19H2,1H3,(H,25,27). The lowest BCUT2D eigenvalue weighted by Gasteiger charge is -2.22. The second-order valence-corrected chi connectivity index (χ2v) is 6.51. The molecule has 0 aliphatic rings. The average molecular weight is 374 g/mol. The molecule has 0 radical (unpaired) electrons. The zero-order valence-corrected chi connectivity index (χ0v) is 16.2. The van der Waals surface area contributed by atoms with Crippen LogP contribution in [0.3, 0.4) is 0 Å². The number of carbonyl (C=O) groups is 1. The largest absolute Gasteiger partial charge is 0.489 e. The fraction of sp³-hybridized carbons (Fsp3) is 0.208. The maximum Gasteiger partial charge on any atom is 0.226 e. The molecule has 3 aromatic carbocycles. The van der Waals surface area contributed by atoms with E-state index in [1.807, 2.05) is 72.8 Å². The van der Waals surface area contributed by atoms with Crippen LogP contribution in [0.4, 0.5) is 11.4 Å². The molecule has 3 rings (SSSR count). The second-order valence-electron chi connectivity index (χ2n) is 6.51. The number of benzene rings is 3. The monoisotopic (exact) mass is 374 g/mol. The lowest BCUT2D eigenvalue weighted by Crippen LogP contribution is -2.27. The maximum absolute atomic E-state index is 12.3. The van der Waals surface area contributed by atoms with Crippen LogP contribution >= 0.6 is 0 Å². The molecular formula is C24H26N2O2. The van der Waals surface area contributed by atoms with Gasteiger partial charge in [0.25, 0.3) is 0 Å². The molecule has 144 valence electrons. The van der Waals surface area contributed by atoms with E-state index in [2.05, 4.69) is 29.3 Å². The third kappa shape index (κ3) is 5.88. The molecule has 0 aliphatic carbocycles. The quantitative estimate of drug-likeness (QED) is 0.565. The summed E-state index contributed by atoms with van der Waals surface area (Å²) in [6.45, 7) is 4.17. The zero-order chi connectivity index (χ0) is 19.6. The van der Waals surface area contributed by atoms with Crippen LogP contribution in [-0.2, 0) is 11.4 Å². The summed E-state index contributed by atoms with van der Waals surface area (Å²) in [4.78, 5) is 14.5. The Kier molecular flexibility index (Phi) is 7.08. The molecule has 3 aromatic rings. The van der Waals surface area contributed by atoms with E-state index in [0.29, 0.717) is 19.6 Å². The Bertz CT molecular complexity index is 849. The van der Waals surface area contributed by atoms with Crippen molar-refractivity contribution in [3.63, 3.8) is 0 Å². The first-order valence-corrected chi connectivity index (χ1v) is 9.61. The first-order chi connectivity index (χ1) is 13.7. The lowest BCUT2D eigenvalue weighted by atomic mass is 10.2. The van der Waals surface area contributed by atoms with Crippen LogP contribution in [0, 0.1) is 0 Å². The normalized spacial score (nSPS) is 10.3. The van der Waals surface area contributed by atoms with Gasteiger partial charge in [0.15, 0.2) is 0 Å². The minimum Gasteiger partial charge on any atom is -0.489 e. The molecule has 0 bridgehead atoms. The molecule has 0 aliphatic heterocycles. The van der Waals surface area contributed by atoms with Gasteiger partial charge in [0.05, 0.1) is 0 Å². The van der Waals surface area contributed by atoms with Gasteiger partial charge in [0.2, 0.25) is 5.91 Å². The number of rotatable bonds is 9. The van der Waals surface area contributed by atoms with Crippen LogP contribution < -0.4 is 15.0 Å². The summed E-state index contributed by atoms with van der Waals surface area (Å²) in [5, 5.41) is 2.95. The van der Waals surface area contributed by atoms with Crippen molar-refractivity contribution in [2.45, 2.75) is 20.0 Å². The van der Waals surface area contributed by atoms with Crippen LogP contribution in [0.1, 0.15) is 18.9 Å². The average Bonchev–Trinajstić information content (AvgIpc) is 2.75. The van der Waals surface area contributed by atoms with Crippen molar-refractivity contribution in [2.24, 2.45) is 0 Å². The number of hydrogen-bond donors (Lipinski definition) is 1. The number of nitrogens with one attached hydrogen (secondary N) is 1. The van der Waals surface area contributed by atoms with Crippen molar-refractivity contribution in [2.75, 3.05) is 23.3 Å². The summed E-state index contributed by atoms with van der Waals surface area (Å²) in [7, 11) is 0. The van der Waals surface area contributed by atoms with Gasteiger partial charge >= 0.3 is 0 Å². The highest BCUT2D eigenvalue weighted by Gasteiger charge is 2.08. The summed E-state index contributed by atoms with van der Waals surface area (Å²) in [5.41, 5.74) is 3.04. The Morgan fingerprint density at radius 3 is 2.18 bits per heavy atom. The van der Waals surface area contributed by atoms with Gasteiger partial charge in [0.1, 0.15) is 12.4 Å². The van der Waals surface area contributed by atoms with Crippen molar-refractivity contribution in [1.82, 2.24) is 0 Å². The highest BCUT2D eigenvalue weighted by molar-refractivity contribution is 5.91. The molecule has 28 heavy (non-hydrogen) atoms. The topological polar surface area (TPSA) is 41.6 Å². The van der Waals surface area contributed by atoms with E-state index in [0.717, 1.165) is 29.2 Å². The van der Waals surface area contributed by atoms with Crippen molar-refractivity contribution < 1.29 is 9.53 Å². The SMILES string of the molecule is CCN(CCC(=O)Nc1ccc(OCc2ccccc2)cc1)c1ccccc1. The van der Waals surface area contributed by atoms with Crippen molar-refractivity contribution in [3.05, 3.63) is 90.5 Å². The first-order valence-electron chi connectivity index (χ1n) is 9.61. The number of carbonyl (C=O) groups excluding carboxylic acids is 1. The van der Waals surface area contributed by atoms with Crippen molar-refractivity contribution >= 4 is 17.3 Å². The predicted octanol–water partition coefficient (Wildman–Crippen LogP) is 5.12. The minimum absolute atomic E-state index is 0.00679. The van der Waals surface area contributed by atoms with Crippen LogP contribution in [0.25, 0.3) is 0 Å². The van der Waals surface area contributed by atoms with E-state index in [-0.39, 0.29) is 5.91 Å². The molecule has 0 fully saturated rings. The smallest absolute Gasteiger partial charge is 0.226 e. The lowest BCUT2D eigenvalue weighted by molar-refractivity contribution is -0.116. The van der Waals surface area contributed by atoms with E-state index in [1.54, 1.807) is 0 Å². The van der Waals surface area contributed by atoms with Crippen molar-refractivity contribution in [3.8, 4) is 5.75 Å². The third-order valence-corrected chi connectivity index (χ3v) is 4.50. The van der Waals surface area contributed by atoms with E-state index < -0.39 is 0 Å². The summed E-state index contributed by atoms with van der Waals surface area (Å²) in [6, 6.07) is 27.7. The Morgan fingerprint density at radius 2 is 1.54 bits per heavy atom. The molecule has 0 atom stereocenters. The molecule has 1 N–H and O–H groups in total. The van der Waals surface area contributed by atoms with Gasteiger partial charge < -0.3 is 15.0 Å². The van der Waals surface area contributed by atoms with Gasteiger partial charge in [-0.05, 0) is 48.9 Å². The van der Waals surface area contributed by atoms with E-state index in [1.165, 1.54) is 0 Å². The molecule has 0 spiro atoms. The number of ether oxygens (including phenoxy) is 1. The number of amides is 1. The van der Waals surface area contributed by atoms with Crippen LogP contribution in [0.2, 0.25) is 0 Å². The Labute approximate surface area is 166 Å². The molecular weight excluding hydrogens is 348 g/mol. The van der Waals surface area contributed by atoms with Crippen molar-refractivity contribution in [1.29, 1.82) is 0 Å². The van der Waals surface area contributed by atoms with Crippen LogP contribution in [-0.4, -0.2) is 19.0 Å². The molecule has 0 aromatic heterocycles. The molecule has 0 heterocycles. The van der Waals surface area contributed by atoms with Crippen LogP contribution in [0.5, 0.6) is 5.75 Å². The second kappa shape index (κ2) is 10.2. The fourth-order valence-corrected chi connectivity index (χ4v) is 2.94. The molecule has 4 nitrogen and oxygen atoms in total. The summed E-state index contributed by atoms with van der Waals surface area (Å²) in [5.74, 6) is 0.787. The number of nitrogens with zero attached hydrogens (tertiary/aromatic N) is 1. The molecule has 0 saturated carbocycles. The first kappa shape index (κ1) is 19.5. The Balaban J connectivity index is 1.46. The minimum atomic E-state index is 0.00679. The van der Waals surface area contributed by atoms with E-state index in [9.17, 15) is 4.79 Å². The number of hydrogen-bond acceptors (Lipinski definition) is 3. The summed E-state index contributed by atoms with van der Waals surface area (Å²) < 4.78 is 5.78. The Morgan fingerprint density at radius 1 is 0.893 bits per heavy atom. The van der Waals surface area contributed by atoms with E-state index in [4.69, 9.17) is 4.74 Å². The number of anilines is 2. The predicted molar refractivity (Wildman–Crippen MR) is 115 cm³/mol. The van der Waals surface area contributed by atoms with Gasteiger partial charge in [-0.25, -0.2) is 0 Å². The van der Waals surface area contributed by atoms with Crippen LogP contribution in [0.15, 0.2) is 84.9 Å². The van der Waals surface area contributed by atoms with Gasteiger partial charge in [0, 0.05) is 30.9 Å². The molecule has 0 saturated heterocycles. The summed E-state index contributed by atoms with van der Waals surface area (Å²) in [6.07, 6.45) is 0.439. The highest BCUT2D eigenvalue weighted by atomic mass is 16.5. The highest BCUT2D eigenvalue weighted by Crippen LogP contribution is 2.18. The van der Waals surface area contributed by atoms with Gasteiger partial charge in [-0.3, -0.25) is 4.79 Å².